The molecule has 5 nitrogen and oxygen atoms in total. The Bertz CT molecular complexity index is 917. The Morgan fingerprint density at radius 3 is 2.95 bits per heavy atom. The molecule has 2 heterocycles. The number of rotatable bonds is 3. The Morgan fingerprint density at radius 2 is 2.23 bits per heavy atom. The number of fused-ring (bicyclic) bond motifs is 1. The summed E-state index contributed by atoms with van der Waals surface area (Å²) < 4.78 is 15.4. The van der Waals surface area contributed by atoms with E-state index in [0.717, 1.165) is 5.69 Å². The van der Waals surface area contributed by atoms with Gasteiger partial charge in [-0.1, -0.05) is 6.07 Å². The number of hydrogen-bond donors (Lipinski definition) is 1. The predicted octanol–water partition coefficient (Wildman–Crippen LogP) is 2.54. The summed E-state index contributed by atoms with van der Waals surface area (Å²) in [7, 11) is 0. The summed E-state index contributed by atoms with van der Waals surface area (Å²) in [5, 5.41) is 5.22. The second-order valence-corrected chi connectivity index (χ2v) is 5.64. The highest BCUT2D eigenvalue weighted by Crippen LogP contribution is 2.16. The van der Waals surface area contributed by atoms with Gasteiger partial charge in [0.2, 0.25) is 5.91 Å². The van der Waals surface area contributed by atoms with Crippen LogP contribution in [-0.2, 0) is 11.3 Å². The Kier molecular flexibility index (Phi) is 3.72. The highest BCUT2D eigenvalue weighted by atomic mass is 32.1. The lowest BCUT2D eigenvalue weighted by Crippen LogP contribution is -2.20. The molecule has 0 bridgehead atoms. The molecular formula is C15H12FN3O2S. The van der Waals surface area contributed by atoms with Crippen LogP contribution in [0.1, 0.15) is 5.69 Å². The van der Waals surface area contributed by atoms with E-state index >= 15 is 0 Å². The van der Waals surface area contributed by atoms with Crippen molar-refractivity contribution in [2.24, 2.45) is 0 Å². The molecule has 0 atom stereocenters. The smallest absolute Gasteiger partial charge is 0.246 e. The molecule has 112 valence electrons. The topological polar surface area (TPSA) is 64.0 Å². The third-order valence-corrected chi connectivity index (χ3v) is 4.00. The lowest BCUT2D eigenvalue weighted by Gasteiger charge is -2.10. The van der Waals surface area contributed by atoms with Crippen molar-refractivity contribution >= 4 is 33.3 Å². The fourth-order valence-electron chi connectivity index (χ4n) is 2.18. The van der Waals surface area contributed by atoms with Gasteiger partial charge in [-0.2, -0.15) is 0 Å². The molecular weight excluding hydrogens is 305 g/mol. The van der Waals surface area contributed by atoms with Crippen LogP contribution in [0.2, 0.25) is 0 Å². The predicted molar refractivity (Wildman–Crippen MR) is 83.6 cm³/mol. The standard InChI is InChI=1S/C15H12FN3O2S/c1-9-8-22-15(17-9)18-13(21)7-19-6-5-12(20)10-3-2-4-11(16)14(10)19/h2-6,8H,7H2,1H3,(H,17,18,21). The molecule has 7 heteroatoms. The molecule has 1 N–H and O–H groups in total. The summed E-state index contributed by atoms with van der Waals surface area (Å²) in [6.07, 6.45) is 1.42. The van der Waals surface area contributed by atoms with Gasteiger partial charge in [0.05, 0.1) is 11.2 Å². The maximum absolute atomic E-state index is 14.0. The van der Waals surface area contributed by atoms with Crippen LogP contribution in [0.4, 0.5) is 9.52 Å². The Morgan fingerprint density at radius 1 is 1.41 bits per heavy atom. The first-order valence-corrected chi connectivity index (χ1v) is 7.42. The van der Waals surface area contributed by atoms with Gasteiger partial charge in [-0.25, -0.2) is 9.37 Å². The molecule has 0 radical (unpaired) electrons. The highest BCUT2D eigenvalue weighted by molar-refractivity contribution is 7.13. The summed E-state index contributed by atoms with van der Waals surface area (Å²) in [6.45, 7) is 1.73. The van der Waals surface area contributed by atoms with Crippen LogP contribution in [-0.4, -0.2) is 15.5 Å². The molecule has 0 saturated carbocycles. The van der Waals surface area contributed by atoms with E-state index in [0.29, 0.717) is 5.13 Å². The molecule has 0 aliphatic carbocycles. The number of halogens is 1. The van der Waals surface area contributed by atoms with Crippen molar-refractivity contribution in [3.63, 3.8) is 0 Å². The van der Waals surface area contributed by atoms with Crippen LogP contribution in [0.25, 0.3) is 10.9 Å². The number of hydrogen-bond acceptors (Lipinski definition) is 4. The third-order valence-electron chi connectivity index (χ3n) is 3.12. The highest BCUT2D eigenvalue weighted by Gasteiger charge is 2.11. The SMILES string of the molecule is Cc1csc(NC(=O)Cn2ccc(=O)c3cccc(F)c32)n1. The Labute approximate surface area is 129 Å². The van der Waals surface area contributed by atoms with E-state index in [4.69, 9.17) is 0 Å². The molecule has 0 aliphatic heterocycles. The number of benzene rings is 1. The zero-order valence-corrected chi connectivity index (χ0v) is 12.5. The molecule has 0 aliphatic rings. The second kappa shape index (κ2) is 5.69. The molecule has 0 fully saturated rings. The van der Waals surface area contributed by atoms with E-state index in [1.165, 1.54) is 40.3 Å². The van der Waals surface area contributed by atoms with E-state index in [2.05, 4.69) is 10.3 Å². The van der Waals surface area contributed by atoms with Gasteiger partial charge in [-0.05, 0) is 19.1 Å². The third kappa shape index (κ3) is 2.75. The van der Waals surface area contributed by atoms with Gasteiger partial charge in [-0.3, -0.25) is 9.59 Å². The summed E-state index contributed by atoms with van der Waals surface area (Å²) >= 11 is 1.32. The number of nitrogens with zero attached hydrogens (tertiary/aromatic N) is 2. The van der Waals surface area contributed by atoms with E-state index in [9.17, 15) is 14.0 Å². The fraction of sp³-hybridized carbons (Fsp3) is 0.133. The number of aromatic nitrogens is 2. The van der Waals surface area contributed by atoms with Crippen LogP contribution in [0.3, 0.4) is 0 Å². The minimum absolute atomic E-state index is 0.101. The average Bonchev–Trinajstić information content (AvgIpc) is 2.87. The second-order valence-electron chi connectivity index (χ2n) is 4.79. The van der Waals surface area contributed by atoms with Gasteiger partial charge in [0, 0.05) is 23.0 Å². The number of para-hydroxylation sites is 1. The van der Waals surface area contributed by atoms with Crippen LogP contribution in [0.15, 0.2) is 40.6 Å². The molecule has 0 saturated heterocycles. The maximum atomic E-state index is 14.0. The minimum atomic E-state index is -0.534. The molecule has 1 aromatic carbocycles. The molecule has 0 spiro atoms. The van der Waals surface area contributed by atoms with Crippen molar-refractivity contribution in [1.82, 2.24) is 9.55 Å². The van der Waals surface area contributed by atoms with Crippen LogP contribution in [0.5, 0.6) is 0 Å². The lowest BCUT2D eigenvalue weighted by molar-refractivity contribution is -0.116. The Balaban J connectivity index is 1.92. The summed E-state index contributed by atoms with van der Waals surface area (Å²) in [6, 6.07) is 5.60. The minimum Gasteiger partial charge on any atom is -0.335 e. The number of carbonyl (C=O) groups excluding carboxylic acids is 1. The van der Waals surface area contributed by atoms with Crippen LogP contribution >= 0.6 is 11.3 Å². The first-order valence-electron chi connectivity index (χ1n) is 6.54. The fourth-order valence-corrected chi connectivity index (χ4v) is 2.89. The molecule has 3 aromatic rings. The van der Waals surface area contributed by atoms with Gasteiger partial charge in [0.1, 0.15) is 12.4 Å². The largest absolute Gasteiger partial charge is 0.335 e. The zero-order chi connectivity index (χ0) is 15.7. The first-order chi connectivity index (χ1) is 10.5. The number of nitrogens with one attached hydrogen (secondary N) is 1. The normalized spacial score (nSPS) is 10.8. The van der Waals surface area contributed by atoms with Crippen LogP contribution < -0.4 is 10.7 Å². The summed E-state index contributed by atoms with van der Waals surface area (Å²) in [4.78, 5) is 28.0. The van der Waals surface area contributed by atoms with Crippen molar-refractivity contribution < 1.29 is 9.18 Å². The van der Waals surface area contributed by atoms with Crippen molar-refractivity contribution in [2.75, 3.05) is 5.32 Å². The molecule has 22 heavy (non-hydrogen) atoms. The van der Waals surface area contributed by atoms with E-state index in [1.54, 1.807) is 6.07 Å². The molecule has 3 rings (SSSR count). The van der Waals surface area contributed by atoms with Crippen molar-refractivity contribution in [3.05, 3.63) is 57.6 Å². The van der Waals surface area contributed by atoms with E-state index in [-0.39, 0.29) is 28.8 Å². The molecule has 2 aromatic heterocycles. The van der Waals surface area contributed by atoms with Gasteiger partial charge >= 0.3 is 0 Å². The quantitative estimate of drug-likeness (QED) is 0.807. The monoisotopic (exact) mass is 317 g/mol. The van der Waals surface area contributed by atoms with Gasteiger partial charge in [0.25, 0.3) is 0 Å². The van der Waals surface area contributed by atoms with E-state index in [1.807, 2.05) is 12.3 Å². The summed E-state index contributed by atoms with van der Waals surface area (Å²) in [5.74, 6) is -0.865. The maximum Gasteiger partial charge on any atom is 0.246 e. The summed E-state index contributed by atoms with van der Waals surface area (Å²) in [5.41, 5.74) is 0.669. The van der Waals surface area contributed by atoms with Crippen molar-refractivity contribution in [3.8, 4) is 0 Å². The average molecular weight is 317 g/mol. The van der Waals surface area contributed by atoms with Crippen LogP contribution in [0, 0.1) is 12.7 Å². The first kappa shape index (κ1) is 14.4. The lowest BCUT2D eigenvalue weighted by atomic mass is 10.2. The van der Waals surface area contributed by atoms with Gasteiger partial charge in [-0.15, -0.1) is 11.3 Å². The number of thiazole rings is 1. The number of aryl methyl sites for hydroxylation is 1. The Hall–Kier alpha value is -2.54. The molecule has 1 amide bonds. The molecule has 0 unspecified atom stereocenters. The van der Waals surface area contributed by atoms with Gasteiger partial charge in [0.15, 0.2) is 10.6 Å². The number of anilines is 1. The van der Waals surface area contributed by atoms with Crippen molar-refractivity contribution in [1.29, 1.82) is 0 Å². The number of pyridine rings is 1. The number of carbonyl (C=O) groups is 1. The number of amides is 1. The van der Waals surface area contributed by atoms with Crippen molar-refractivity contribution in [2.45, 2.75) is 13.5 Å². The van der Waals surface area contributed by atoms with Gasteiger partial charge < -0.3 is 9.88 Å². The zero-order valence-electron chi connectivity index (χ0n) is 11.7. The van der Waals surface area contributed by atoms with E-state index < -0.39 is 5.82 Å².